The number of benzene rings is 2. The van der Waals surface area contributed by atoms with Crippen LogP contribution in [0.15, 0.2) is 79.0 Å². The number of nitrogens with two attached hydrogens (primary N) is 1. The first-order chi connectivity index (χ1) is 18.2. The number of pyridine rings is 1. The smallest absolute Gasteiger partial charge is 0.222 e. The third-order valence-corrected chi connectivity index (χ3v) is 5.97. The monoisotopic (exact) mass is 497 g/mol. The number of hydrogen-bond donors (Lipinski definition) is 3. The van der Waals surface area contributed by atoms with Crippen molar-refractivity contribution in [1.82, 2.24) is 19.9 Å². The van der Waals surface area contributed by atoms with Crippen molar-refractivity contribution in [3.63, 3.8) is 0 Å². The number of aromatic nitrogens is 3. The van der Waals surface area contributed by atoms with Crippen LogP contribution in [0.3, 0.4) is 0 Å². The van der Waals surface area contributed by atoms with E-state index in [9.17, 15) is 0 Å². The van der Waals surface area contributed by atoms with Crippen LogP contribution >= 0.6 is 0 Å². The van der Waals surface area contributed by atoms with Crippen LogP contribution < -0.4 is 21.1 Å². The molecule has 0 aliphatic carbocycles. The molecule has 0 saturated carbocycles. The second kappa shape index (κ2) is 12.2. The zero-order chi connectivity index (χ0) is 25.3. The minimum Gasteiger partial charge on any atom is -0.457 e. The van der Waals surface area contributed by atoms with Crippen molar-refractivity contribution >= 4 is 23.3 Å². The fourth-order valence-electron chi connectivity index (χ4n) is 4.09. The number of nitrogens with zero attached hydrogens (tertiary/aromatic N) is 4. The first-order valence-corrected chi connectivity index (χ1v) is 12.5. The molecule has 3 heterocycles. The number of ether oxygens (including phenoxy) is 2. The molecule has 0 amide bonds. The molecule has 37 heavy (non-hydrogen) atoms. The average molecular weight is 498 g/mol. The van der Waals surface area contributed by atoms with E-state index in [0.717, 1.165) is 80.1 Å². The molecule has 190 valence electrons. The van der Waals surface area contributed by atoms with Crippen LogP contribution in [0.25, 0.3) is 11.3 Å². The Labute approximate surface area is 216 Å². The van der Waals surface area contributed by atoms with Gasteiger partial charge in [0.1, 0.15) is 23.1 Å². The van der Waals surface area contributed by atoms with Gasteiger partial charge in [0.05, 0.1) is 18.9 Å². The average Bonchev–Trinajstić information content (AvgIpc) is 2.93. The number of nitrogen functional groups attached to an aromatic ring is 1. The Morgan fingerprint density at radius 1 is 0.892 bits per heavy atom. The molecule has 0 unspecified atom stereocenters. The van der Waals surface area contributed by atoms with E-state index in [0.29, 0.717) is 5.82 Å². The summed E-state index contributed by atoms with van der Waals surface area (Å²) in [5.41, 5.74) is 8.55. The van der Waals surface area contributed by atoms with Gasteiger partial charge in [0.25, 0.3) is 0 Å². The van der Waals surface area contributed by atoms with Gasteiger partial charge in [-0.05, 0) is 43.3 Å². The van der Waals surface area contributed by atoms with Gasteiger partial charge in [-0.2, -0.15) is 4.98 Å². The van der Waals surface area contributed by atoms with E-state index in [1.165, 1.54) is 0 Å². The van der Waals surface area contributed by atoms with E-state index in [1.54, 1.807) is 6.20 Å². The Kier molecular flexibility index (Phi) is 8.04. The lowest BCUT2D eigenvalue weighted by Gasteiger charge is -2.26. The highest BCUT2D eigenvalue weighted by molar-refractivity contribution is 5.67. The molecule has 0 bridgehead atoms. The normalized spacial score (nSPS) is 13.7. The van der Waals surface area contributed by atoms with Crippen molar-refractivity contribution in [2.24, 2.45) is 0 Å². The minimum absolute atomic E-state index is 0.215. The number of rotatable bonds is 10. The largest absolute Gasteiger partial charge is 0.457 e. The molecule has 1 aliphatic rings. The van der Waals surface area contributed by atoms with Crippen molar-refractivity contribution in [3.05, 3.63) is 79.0 Å². The summed E-state index contributed by atoms with van der Waals surface area (Å²) in [6.45, 7) is 5.59. The molecule has 9 heteroatoms. The van der Waals surface area contributed by atoms with Gasteiger partial charge < -0.3 is 25.8 Å². The minimum atomic E-state index is 0.215. The van der Waals surface area contributed by atoms with E-state index in [4.69, 9.17) is 15.2 Å². The van der Waals surface area contributed by atoms with E-state index in [-0.39, 0.29) is 5.95 Å². The van der Waals surface area contributed by atoms with E-state index >= 15 is 0 Å². The Hall–Kier alpha value is -4.21. The number of hydrogen-bond acceptors (Lipinski definition) is 9. The predicted molar refractivity (Wildman–Crippen MR) is 146 cm³/mol. The topological polar surface area (TPSA) is 110 Å². The summed E-state index contributed by atoms with van der Waals surface area (Å²) >= 11 is 0. The molecular weight excluding hydrogens is 466 g/mol. The Balaban J connectivity index is 1.15. The second-order valence-electron chi connectivity index (χ2n) is 8.73. The summed E-state index contributed by atoms with van der Waals surface area (Å²) in [5, 5.41) is 6.68. The molecular formula is C28H31N7O2. The van der Waals surface area contributed by atoms with Gasteiger partial charge in [0.2, 0.25) is 5.95 Å². The zero-order valence-electron chi connectivity index (χ0n) is 20.6. The van der Waals surface area contributed by atoms with Gasteiger partial charge in [0.15, 0.2) is 0 Å². The molecule has 5 rings (SSSR count). The Morgan fingerprint density at radius 2 is 1.70 bits per heavy atom. The highest BCUT2D eigenvalue weighted by Gasteiger charge is 2.09. The summed E-state index contributed by atoms with van der Waals surface area (Å²) < 4.78 is 11.4. The maximum atomic E-state index is 6.05. The van der Waals surface area contributed by atoms with Crippen molar-refractivity contribution in [1.29, 1.82) is 0 Å². The number of anilines is 4. The molecule has 1 saturated heterocycles. The molecule has 0 radical (unpaired) electrons. The third kappa shape index (κ3) is 7.16. The Morgan fingerprint density at radius 3 is 2.51 bits per heavy atom. The number of nitrogens with one attached hydrogen (secondary N) is 2. The fourth-order valence-corrected chi connectivity index (χ4v) is 4.09. The molecule has 0 spiro atoms. The summed E-state index contributed by atoms with van der Waals surface area (Å²) in [4.78, 5) is 15.5. The summed E-state index contributed by atoms with van der Waals surface area (Å²) in [6, 6.07) is 23.2. The third-order valence-electron chi connectivity index (χ3n) is 5.97. The highest BCUT2D eigenvalue weighted by Crippen LogP contribution is 2.27. The summed E-state index contributed by atoms with van der Waals surface area (Å²) in [7, 11) is 0. The molecule has 1 aliphatic heterocycles. The summed E-state index contributed by atoms with van der Waals surface area (Å²) in [6.07, 6.45) is 2.80. The highest BCUT2D eigenvalue weighted by atomic mass is 16.5. The lowest BCUT2D eigenvalue weighted by molar-refractivity contribution is 0.0378. The van der Waals surface area contributed by atoms with Crippen LogP contribution in [0.1, 0.15) is 6.42 Å². The molecule has 1 fully saturated rings. The van der Waals surface area contributed by atoms with Crippen LogP contribution in [-0.4, -0.2) is 59.2 Å². The Bertz CT molecular complexity index is 1280. The first kappa shape index (κ1) is 24.5. The van der Waals surface area contributed by atoms with Gasteiger partial charge in [0, 0.05) is 49.2 Å². The first-order valence-electron chi connectivity index (χ1n) is 12.5. The quantitative estimate of drug-likeness (QED) is 0.266. The molecule has 9 nitrogen and oxygen atoms in total. The van der Waals surface area contributed by atoms with Crippen LogP contribution in [0, 0.1) is 0 Å². The van der Waals surface area contributed by atoms with Crippen molar-refractivity contribution < 1.29 is 9.47 Å². The zero-order valence-corrected chi connectivity index (χ0v) is 20.6. The molecule has 4 N–H and O–H groups in total. The second-order valence-corrected chi connectivity index (χ2v) is 8.73. The van der Waals surface area contributed by atoms with Crippen LogP contribution in [0.2, 0.25) is 0 Å². The van der Waals surface area contributed by atoms with E-state index in [1.807, 2.05) is 72.8 Å². The van der Waals surface area contributed by atoms with Crippen molar-refractivity contribution in [3.8, 4) is 22.8 Å². The molecule has 4 aromatic rings. The van der Waals surface area contributed by atoms with E-state index in [2.05, 4.69) is 30.5 Å². The van der Waals surface area contributed by atoms with Crippen molar-refractivity contribution in [2.45, 2.75) is 6.42 Å². The van der Waals surface area contributed by atoms with Gasteiger partial charge in [-0.25, -0.2) is 9.97 Å². The van der Waals surface area contributed by atoms with Gasteiger partial charge in [-0.15, -0.1) is 0 Å². The maximum Gasteiger partial charge on any atom is 0.222 e. The lowest BCUT2D eigenvalue weighted by atomic mass is 10.1. The molecule has 2 aromatic heterocycles. The van der Waals surface area contributed by atoms with E-state index < -0.39 is 0 Å². The standard InChI is InChI=1S/C28H31N7O2/c29-28-33-25(21-5-2-1-3-6-21)20-27(34-28)32-22-7-9-23(10-8-22)37-24-11-13-31-26(19-24)30-12-4-14-35-15-17-36-18-16-35/h1-3,5-11,13,19-20H,4,12,14-18H2,(H,30,31)(H3,29,32,33,34). The lowest BCUT2D eigenvalue weighted by Crippen LogP contribution is -2.37. The SMILES string of the molecule is Nc1nc(Nc2ccc(Oc3ccnc(NCCCN4CCOCC4)c3)cc2)cc(-c2ccccc2)n1. The van der Waals surface area contributed by atoms with Gasteiger partial charge >= 0.3 is 0 Å². The van der Waals surface area contributed by atoms with Crippen LogP contribution in [0.5, 0.6) is 11.5 Å². The maximum absolute atomic E-state index is 6.05. The fraction of sp³-hybridized carbons (Fsp3) is 0.250. The molecule has 2 aromatic carbocycles. The van der Waals surface area contributed by atoms with Gasteiger partial charge in [-0.1, -0.05) is 30.3 Å². The number of morpholine rings is 1. The van der Waals surface area contributed by atoms with Crippen molar-refractivity contribution in [2.75, 3.05) is 55.8 Å². The summed E-state index contributed by atoms with van der Waals surface area (Å²) in [5.74, 6) is 3.09. The predicted octanol–water partition coefficient (Wildman–Crippen LogP) is 4.79. The van der Waals surface area contributed by atoms with Crippen LogP contribution in [-0.2, 0) is 4.74 Å². The molecule has 0 atom stereocenters. The van der Waals surface area contributed by atoms with Crippen LogP contribution in [0.4, 0.5) is 23.3 Å². The van der Waals surface area contributed by atoms with Gasteiger partial charge in [-0.3, -0.25) is 4.90 Å².